The van der Waals surface area contributed by atoms with Crippen molar-refractivity contribution in [1.29, 1.82) is 0 Å². The van der Waals surface area contributed by atoms with E-state index in [1.54, 1.807) is 0 Å². The fourth-order valence-electron chi connectivity index (χ4n) is 0.556. The number of nitrogens with zero attached hydrogens (tertiary/aromatic N) is 2. The number of rotatable bonds is 6. The third-order valence-electron chi connectivity index (χ3n) is 1.36. The maximum Gasteiger partial charge on any atom is 0.331 e. The molecule has 0 radical (unpaired) electrons. The standard InChI is InChI=1S/C6H12N4O4/c7-1-3(5(11)12)9-10-4(2-8)6(13)14/h3-4H,1-2,7-8H2,(H,11,12)(H,13,14). The third kappa shape index (κ3) is 3.92. The highest BCUT2D eigenvalue weighted by atomic mass is 16.4. The van der Waals surface area contributed by atoms with E-state index in [1.807, 2.05) is 0 Å². The van der Waals surface area contributed by atoms with Gasteiger partial charge in [0, 0.05) is 13.1 Å². The minimum absolute atomic E-state index is 0.240. The lowest BCUT2D eigenvalue weighted by atomic mass is 10.3. The van der Waals surface area contributed by atoms with Gasteiger partial charge < -0.3 is 21.7 Å². The SMILES string of the molecule is NCC(N=NC(CN)C(=O)O)C(=O)O. The molecule has 0 aromatic heterocycles. The summed E-state index contributed by atoms with van der Waals surface area (Å²) in [6, 6.07) is -2.44. The Balaban J connectivity index is 4.37. The molecule has 0 spiro atoms. The number of hydrogen-bond acceptors (Lipinski definition) is 6. The van der Waals surface area contributed by atoms with E-state index in [0.717, 1.165) is 0 Å². The normalized spacial score (nSPS) is 15.3. The Morgan fingerprint density at radius 1 is 1.00 bits per heavy atom. The summed E-state index contributed by atoms with van der Waals surface area (Å²) >= 11 is 0. The molecule has 6 N–H and O–H groups in total. The summed E-state index contributed by atoms with van der Waals surface area (Å²) in [5, 5.41) is 23.5. The van der Waals surface area contributed by atoms with Crippen molar-refractivity contribution in [3.8, 4) is 0 Å². The van der Waals surface area contributed by atoms with Gasteiger partial charge >= 0.3 is 11.9 Å². The van der Waals surface area contributed by atoms with Gasteiger partial charge in [-0.15, -0.1) is 0 Å². The summed E-state index contributed by atoms with van der Waals surface area (Å²) in [4.78, 5) is 20.8. The molecule has 0 saturated heterocycles. The molecule has 0 fully saturated rings. The topological polar surface area (TPSA) is 151 Å². The number of azo groups is 1. The molecule has 8 nitrogen and oxygen atoms in total. The minimum Gasteiger partial charge on any atom is -0.480 e. The van der Waals surface area contributed by atoms with Crippen molar-refractivity contribution >= 4 is 11.9 Å². The molecule has 0 aliphatic rings. The molecule has 0 aliphatic heterocycles. The molecule has 8 heteroatoms. The second-order valence-electron chi connectivity index (χ2n) is 2.41. The average molecular weight is 204 g/mol. The number of carbonyl (C=O) groups is 2. The van der Waals surface area contributed by atoms with Crippen LogP contribution in [-0.2, 0) is 9.59 Å². The number of carboxylic acids is 2. The molecular weight excluding hydrogens is 192 g/mol. The van der Waals surface area contributed by atoms with Crippen LogP contribution in [0.25, 0.3) is 0 Å². The second-order valence-corrected chi connectivity index (χ2v) is 2.41. The maximum absolute atomic E-state index is 10.4. The highest BCUT2D eigenvalue weighted by Gasteiger charge is 2.17. The van der Waals surface area contributed by atoms with Crippen molar-refractivity contribution in [2.45, 2.75) is 12.1 Å². The Hall–Kier alpha value is -1.54. The average Bonchev–Trinajstić information content (AvgIpc) is 2.11. The zero-order valence-corrected chi connectivity index (χ0v) is 7.33. The van der Waals surface area contributed by atoms with E-state index in [2.05, 4.69) is 10.2 Å². The van der Waals surface area contributed by atoms with Gasteiger partial charge in [0.05, 0.1) is 0 Å². The van der Waals surface area contributed by atoms with Crippen molar-refractivity contribution in [1.82, 2.24) is 0 Å². The molecule has 0 aromatic carbocycles. The Labute approximate surface area is 79.6 Å². The van der Waals surface area contributed by atoms with Crippen LogP contribution in [0.2, 0.25) is 0 Å². The first-order valence-electron chi connectivity index (χ1n) is 3.78. The number of hydrogen-bond donors (Lipinski definition) is 4. The summed E-state index contributed by atoms with van der Waals surface area (Å²) in [6.45, 7) is -0.481. The molecule has 0 heterocycles. The molecule has 0 aliphatic carbocycles. The minimum atomic E-state index is -1.25. The fourth-order valence-corrected chi connectivity index (χ4v) is 0.556. The molecule has 80 valence electrons. The molecule has 0 saturated carbocycles. The van der Waals surface area contributed by atoms with Crippen LogP contribution in [0, 0.1) is 0 Å². The van der Waals surface area contributed by atoms with Gasteiger partial charge in [0.25, 0.3) is 0 Å². The van der Waals surface area contributed by atoms with Gasteiger partial charge in [0.15, 0.2) is 12.1 Å². The van der Waals surface area contributed by atoms with E-state index in [4.69, 9.17) is 21.7 Å². The van der Waals surface area contributed by atoms with E-state index in [9.17, 15) is 9.59 Å². The second kappa shape index (κ2) is 6.00. The van der Waals surface area contributed by atoms with Crippen LogP contribution in [0.15, 0.2) is 10.2 Å². The van der Waals surface area contributed by atoms with Gasteiger partial charge in [-0.3, -0.25) is 0 Å². The first-order chi connectivity index (χ1) is 6.52. The lowest BCUT2D eigenvalue weighted by molar-refractivity contribution is -0.140. The maximum atomic E-state index is 10.4. The van der Waals surface area contributed by atoms with Gasteiger partial charge in [-0.1, -0.05) is 0 Å². The molecular formula is C6H12N4O4. The predicted molar refractivity (Wildman–Crippen MR) is 45.8 cm³/mol. The van der Waals surface area contributed by atoms with Crippen molar-refractivity contribution < 1.29 is 19.8 Å². The quantitative estimate of drug-likeness (QED) is 0.377. The Morgan fingerprint density at radius 3 is 1.43 bits per heavy atom. The van der Waals surface area contributed by atoms with Crippen molar-refractivity contribution in [3.63, 3.8) is 0 Å². The van der Waals surface area contributed by atoms with Crippen LogP contribution in [-0.4, -0.2) is 47.3 Å². The highest BCUT2D eigenvalue weighted by Crippen LogP contribution is 1.95. The van der Waals surface area contributed by atoms with Gasteiger partial charge in [-0.05, 0) is 0 Å². The first kappa shape index (κ1) is 12.5. The molecule has 14 heavy (non-hydrogen) atoms. The van der Waals surface area contributed by atoms with Gasteiger partial charge in [-0.25, -0.2) is 9.59 Å². The van der Waals surface area contributed by atoms with Crippen LogP contribution in [0.4, 0.5) is 0 Å². The summed E-state index contributed by atoms with van der Waals surface area (Å²) in [7, 11) is 0. The van der Waals surface area contributed by atoms with Crippen molar-refractivity contribution in [3.05, 3.63) is 0 Å². The van der Waals surface area contributed by atoms with E-state index >= 15 is 0 Å². The summed E-state index contributed by atoms with van der Waals surface area (Å²) in [5.41, 5.74) is 10.1. The largest absolute Gasteiger partial charge is 0.480 e. The van der Waals surface area contributed by atoms with Crippen LogP contribution in [0.5, 0.6) is 0 Å². The third-order valence-corrected chi connectivity index (χ3v) is 1.36. The van der Waals surface area contributed by atoms with E-state index < -0.39 is 24.0 Å². The van der Waals surface area contributed by atoms with E-state index in [-0.39, 0.29) is 13.1 Å². The Kier molecular flexibility index (Phi) is 5.34. The van der Waals surface area contributed by atoms with Crippen LogP contribution >= 0.6 is 0 Å². The van der Waals surface area contributed by atoms with Gasteiger partial charge in [0.2, 0.25) is 0 Å². The fraction of sp³-hybridized carbons (Fsp3) is 0.667. The summed E-state index contributed by atoms with van der Waals surface area (Å²) in [6.07, 6.45) is 0. The number of aliphatic carboxylic acids is 2. The molecule has 0 bridgehead atoms. The van der Waals surface area contributed by atoms with Crippen LogP contribution in [0.3, 0.4) is 0 Å². The molecule has 0 rings (SSSR count). The van der Waals surface area contributed by atoms with Crippen LogP contribution in [0.1, 0.15) is 0 Å². The zero-order valence-electron chi connectivity index (χ0n) is 7.33. The van der Waals surface area contributed by atoms with Gasteiger partial charge in [-0.2, -0.15) is 10.2 Å². The number of nitrogens with two attached hydrogens (primary N) is 2. The zero-order chi connectivity index (χ0) is 11.1. The monoisotopic (exact) mass is 204 g/mol. The van der Waals surface area contributed by atoms with E-state index in [0.29, 0.717) is 0 Å². The van der Waals surface area contributed by atoms with Gasteiger partial charge in [0.1, 0.15) is 0 Å². The highest BCUT2D eigenvalue weighted by molar-refractivity contribution is 5.75. The summed E-state index contributed by atoms with van der Waals surface area (Å²) < 4.78 is 0. The summed E-state index contributed by atoms with van der Waals surface area (Å²) in [5.74, 6) is -2.50. The lowest BCUT2D eigenvalue weighted by Gasteiger charge is -2.04. The molecule has 0 aromatic rings. The van der Waals surface area contributed by atoms with Crippen LogP contribution < -0.4 is 11.5 Å². The Bertz CT molecular complexity index is 218. The molecule has 0 amide bonds. The van der Waals surface area contributed by atoms with E-state index in [1.165, 1.54) is 0 Å². The molecule has 2 atom stereocenters. The predicted octanol–water partition coefficient (Wildman–Crippen LogP) is -1.74. The smallest absolute Gasteiger partial charge is 0.331 e. The number of carboxylic acid groups (broad SMARTS) is 2. The first-order valence-corrected chi connectivity index (χ1v) is 3.78. The van der Waals surface area contributed by atoms with Crippen molar-refractivity contribution in [2.75, 3.05) is 13.1 Å². The van der Waals surface area contributed by atoms with Crippen molar-refractivity contribution in [2.24, 2.45) is 21.7 Å². The lowest BCUT2D eigenvalue weighted by Crippen LogP contribution is -2.30. The Morgan fingerprint density at radius 2 is 1.29 bits per heavy atom. The molecule has 2 unspecified atom stereocenters.